The number of carbonyl (C=O) groups is 2. The third kappa shape index (κ3) is 6.23. The van der Waals surface area contributed by atoms with Gasteiger partial charge in [0, 0.05) is 55.1 Å². The number of benzene rings is 1. The smallest absolute Gasteiger partial charge is 0.482 e. The third-order valence-corrected chi connectivity index (χ3v) is 9.02. The third-order valence-electron chi connectivity index (χ3n) is 8.58. The number of fused-ring (bicyclic) bond motifs is 5. The lowest BCUT2D eigenvalue weighted by Gasteiger charge is -2.42. The van der Waals surface area contributed by atoms with Gasteiger partial charge in [-0.2, -0.15) is 0 Å². The molecule has 3 N–H and O–H groups in total. The molecule has 2 aromatic heterocycles. The summed E-state index contributed by atoms with van der Waals surface area (Å²) in [5.74, 6) is -3.96. The lowest BCUT2D eigenvalue weighted by atomic mass is 9.84. The molecule has 2 amide bonds. The summed E-state index contributed by atoms with van der Waals surface area (Å²) in [5, 5.41) is 6.67. The Balaban J connectivity index is 1.45. The van der Waals surface area contributed by atoms with Crippen LogP contribution in [0.4, 0.5) is 8.78 Å². The molecule has 14 nitrogen and oxygen atoms in total. The van der Waals surface area contributed by atoms with Crippen LogP contribution in [0.2, 0.25) is 0 Å². The van der Waals surface area contributed by atoms with Gasteiger partial charge < -0.3 is 28.9 Å². The van der Waals surface area contributed by atoms with Crippen molar-refractivity contribution in [2.24, 2.45) is 5.16 Å². The second-order valence-electron chi connectivity index (χ2n) is 11.7. The van der Waals surface area contributed by atoms with E-state index in [2.05, 4.69) is 15.5 Å². The lowest BCUT2D eigenvalue weighted by molar-refractivity contribution is -0.0656. The first-order chi connectivity index (χ1) is 22.3. The fourth-order valence-corrected chi connectivity index (χ4v) is 6.65. The second kappa shape index (κ2) is 12.2. The first-order valence-corrected chi connectivity index (χ1v) is 16.1. The van der Waals surface area contributed by atoms with Crippen LogP contribution in [0.5, 0.6) is 11.5 Å². The Bertz CT molecular complexity index is 1910. The zero-order valence-electron chi connectivity index (χ0n) is 25.2. The molecule has 2 bridgehead atoms. The van der Waals surface area contributed by atoms with Crippen molar-refractivity contribution in [1.29, 1.82) is 0 Å². The van der Waals surface area contributed by atoms with Crippen molar-refractivity contribution < 1.29 is 46.8 Å². The Kier molecular flexibility index (Phi) is 8.36. The molecule has 3 aliphatic heterocycles. The number of phosphoric ester groups is 1. The van der Waals surface area contributed by atoms with Gasteiger partial charge in [0.05, 0.1) is 18.0 Å². The maximum Gasteiger partial charge on any atom is 0.524 e. The van der Waals surface area contributed by atoms with Crippen molar-refractivity contribution in [3.05, 3.63) is 87.1 Å². The van der Waals surface area contributed by atoms with Crippen LogP contribution in [0.1, 0.15) is 71.1 Å². The molecule has 5 heterocycles. The Morgan fingerprint density at radius 3 is 2.72 bits per heavy atom. The molecule has 3 aliphatic rings. The summed E-state index contributed by atoms with van der Waals surface area (Å²) in [6.07, 6.45) is 5.12. The maximum absolute atomic E-state index is 14.3. The van der Waals surface area contributed by atoms with Gasteiger partial charge in [0.15, 0.2) is 22.8 Å². The standard InChI is InChI=1S/C30H30F2N5O9P/c1-16-10-30(46-35-16)7-5-17(2)36-14-24(30)37-13-21(28(39)34-11-18-3-4-20(31)9-22(18)32)26(38)27(25(37)29(36)40)44-15-19-6-8-33-12-23(19)45-47(41,42)43/h3-4,6,8-9,12-13,17,24H,5,7,10-11,14-15H2,1-2H3,(H,34,39)(H2,41,42,43)/t17-,24+,30-/m0/s1. The van der Waals surface area contributed by atoms with Gasteiger partial charge in [-0.3, -0.25) is 29.2 Å². The number of carbonyl (C=O) groups excluding carboxylic acids is 2. The predicted octanol–water partition coefficient (Wildman–Crippen LogP) is 3.22. The summed E-state index contributed by atoms with van der Waals surface area (Å²) in [7, 11) is -5.00. The van der Waals surface area contributed by atoms with E-state index in [0.29, 0.717) is 25.3 Å². The first-order valence-electron chi connectivity index (χ1n) is 14.6. The van der Waals surface area contributed by atoms with Crippen molar-refractivity contribution in [1.82, 2.24) is 19.8 Å². The van der Waals surface area contributed by atoms with Crippen LogP contribution < -0.4 is 20.0 Å². The Labute approximate surface area is 266 Å². The highest BCUT2D eigenvalue weighted by molar-refractivity contribution is 7.46. The predicted molar refractivity (Wildman–Crippen MR) is 160 cm³/mol. The number of rotatable bonds is 8. The first kappa shape index (κ1) is 32.3. The molecule has 0 saturated carbocycles. The molecular formula is C30H30F2N5O9P. The van der Waals surface area contributed by atoms with E-state index in [1.165, 1.54) is 23.0 Å². The molecule has 248 valence electrons. The van der Waals surface area contributed by atoms with Gasteiger partial charge in [0.2, 0.25) is 5.43 Å². The van der Waals surface area contributed by atoms with Crippen LogP contribution in [0.3, 0.4) is 0 Å². The van der Waals surface area contributed by atoms with Gasteiger partial charge in [-0.25, -0.2) is 13.3 Å². The normalized spacial score (nSPS) is 21.9. The number of ether oxygens (including phenoxy) is 1. The number of amides is 2. The van der Waals surface area contributed by atoms with Gasteiger partial charge in [-0.05, 0) is 38.8 Å². The second-order valence-corrected chi connectivity index (χ2v) is 12.9. The minimum absolute atomic E-state index is 0.0286. The fourth-order valence-electron chi connectivity index (χ4n) is 6.23. The minimum Gasteiger partial charge on any atom is -0.482 e. The van der Waals surface area contributed by atoms with Crippen LogP contribution >= 0.6 is 7.82 Å². The van der Waals surface area contributed by atoms with Crippen molar-refractivity contribution >= 4 is 25.3 Å². The van der Waals surface area contributed by atoms with Crippen LogP contribution in [-0.4, -0.2) is 60.0 Å². The molecule has 1 saturated heterocycles. The van der Waals surface area contributed by atoms with Crippen LogP contribution in [0.15, 0.2) is 52.8 Å². The number of nitrogens with zero attached hydrogens (tertiary/aromatic N) is 4. The average molecular weight is 674 g/mol. The summed E-state index contributed by atoms with van der Waals surface area (Å²) in [4.78, 5) is 71.8. The van der Waals surface area contributed by atoms with Crippen molar-refractivity contribution in [2.45, 2.75) is 63.9 Å². The van der Waals surface area contributed by atoms with Crippen molar-refractivity contribution in [3.63, 3.8) is 0 Å². The van der Waals surface area contributed by atoms with E-state index < -0.39 is 66.3 Å². The van der Waals surface area contributed by atoms with Crippen LogP contribution in [-0.2, 0) is 22.6 Å². The van der Waals surface area contributed by atoms with Gasteiger partial charge in [0.1, 0.15) is 23.8 Å². The van der Waals surface area contributed by atoms with E-state index in [-0.39, 0.29) is 41.7 Å². The SMILES string of the molecule is CC1=NO[C@@]2(CC[C@H](C)N3C[C@H]2n2cc(C(=O)NCc4ccc(F)cc4F)c(=O)c(OCc4ccncc4OP(=O)(O)O)c2C3=O)C1. The molecule has 0 aliphatic carbocycles. The number of halogens is 2. The topological polar surface area (TPSA) is 182 Å². The Morgan fingerprint density at radius 1 is 1.23 bits per heavy atom. The summed E-state index contributed by atoms with van der Waals surface area (Å²) in [5.41, 5.74) is -1.67. The number of hydrogen-bond acceptors (Lipinski definition) is 9. The lowest BCUT2D eigenvalue weighted by Crippen LogP contribution is -2.52. The van der Waals surface area contributed by atoms with Crippen molar-refractivity contribution in [3.8, 4) is 11.5 Å². The van der Waals surface area contributed by atoms with Crippen LogP contribution in [0.25, 0.3) is 0 Å². The fraction of sp³-hybridized carbons (Fsp3) is 0.367. The highest BCUT2D eigenvalue weighted by Crippen LogP contribution is 2.46. The summed E-state index contributed by atoms with van der Waals surface area (Å²) in [6, 6.07) is 3.35. The van der Waals surface area contributed by atoms with E-state index in [1.54, 1.807) is 4.90 Å². The molecule has 47 heavy (non-hydrogen) atoms. The van der Waals surface area contributed by atoms with E-state index in [4.69, 9.17) is 14.1 Å². The molecule has 3 atom stereocenters. The number of phosphoric acid groups is 1. The van der Waals surface area contributed by atoms with Gasteiger partial charge >= 0.3 is 7.82 Å². The largest absolute Gasteiger partial charge is 0.524 e. The van der Waals surface area contributed by atoms with Gasteiger partial charge in [-0.15, -0.1) is 0 Å². The minimum atomic E-state index is -5.00. The zero-order chi connectivity index (χ0) is 33.7. The Hall–Kier alpha value is -4.66. The molecule has 6 rings (SSSR count). The molecule has 0 unspecified atom stereocenters. The molecule has 1 spiro atoms. The average Bonchev–Trinajstić information content (AvgIpc) is 3.34. The molecule has 1 fully saturated rings. The van der Waals surface area contributed by atoms with Gasteiger partial charge in [0.25, 0.3) is 11.8 Å². The summed E-state index contributed by atoms with van der Waals surface area (Å²) < 4.78 is 51.5. The highest BCUT2D eigenvalue weighted by Gasteiger charge is 2.54. The monoisotopic (exact) mass is 673 g/mol. The highest BCUT2D eigenvalue weighted by atomic mass is 31.2. The van der Waals surface area contributed by atoms with E-state index in [0.717, 1.165) is 24.0 Å². The molecule has 0 radical (unpaired) electrons. The quantitative estimate of drug-likeness (QED) is 0.301. The number of hydrogen-bond donors (Lipinski definition) is 3. The molecule has 17 heteroatoms. The number of oxime groups is 1. The van der Waals surface area contributed by atoms with E-state index >= 15 is 0 Å². The molecular weight excluding hydrogens is 643 g/mol. The molecule has 3 aromatic rings. The van der Waals surface area contributed by atoms with Crippen molar-refractivity contribution in [2.75, 3.05) is 6.54 Å². The summed E-state index contributed by atoms with van der Waals surface area (Å²) >= 11 is 0. The van der Waals surface area contributed by atoms with E-state index in [1.807, 2.05) is 13.8 Å². The number of pyridine rings is 2. The Morgan fingerprint density at radius 2 is 2.02 bits per heavy atom. The summed E-state index contributed by atoms with van der Waals surface area (Å²) in [6.45, 7) is 2.99. The van der Waals surface area contributed by atoms with Gasteiger partial charge in [-0.1, -0.05) is 11.2 Å². The maximum atomic E-state index is 14.3. The zero-order valence-corrected chi connectivity index (χ0v) is 26.1. The number of nitrogens with one attached hydrogen (secondary N) is 1. The number of aromatic nitrogens is 2. The van der Waals surface area contributed by atoms with Crippen LogP contribution in [0, 0.1) is 11.6 Å². The molecule has 1 aromatic carbocycles. The van der Waals surface area contributed by atoms with E-state index in [9.17, 15) is 37.5 Å².